The quantitative estimate of drug-likeness (QED) is 0.656. The topological polar surface area (TPSA) is 62.6 Å². The van der Waals surface area contributed by atoms with Gasteiger partial charge in [0.2, 0.25) is 0 Å². The van der Waals surface area contributed by atoms with E-state index in [-0.39, 0.29) is 5.82 Å². The first-order chi connectivity index (χ1) is 14.1. The van der Waals surface area contributed by atoms with Gasteiger partial charge in [0.1, 0.15) is 5.82 Å². The Morgan fingerprint density at radius 2 is 2.03 bits per heavy atom. The summed E-state index contributed by atoms with van der Waals surface area (Å²) in [6, 6.07) is 8.63. The second-order valence-electron chi connectivity index (χ2n) is 6.80. The van der Waals surface area contributed by atoms with E-state index in [4.69, 9.17) is 4.74 Å². The van der Waals surface area contributed by atoms with E-state index >= 15 is 0 Å². The van der Waals surface area contributed by atoms with Crippen LogP contribution < -0.4 is 10.2 Å². The molecule has 7 heteroatoms. The van der Waals surface area contributed by atoms with Crippen molar-refractivity contribution >= 4 is 40.5 Å². The van der Waals surface area contributed by atoms with Crippen LogP contribution in [0.2, 0.25) is 0 Å². The van der Waals surface area contributed by atoms with Crippen molar-refractivity contribution in [1.29, 1.82) is 0 Å². The molecule has 1 N–H and O–H groups in total. The van der Waals surface area contributed by atoms with Crippen molar-refractivity contribution in [3.63, 3.8) is 0 Å². The molecule has 0 amide bonds. The number of nitrogens with zero attached hydrogens (tertiary/aromatic N) is 4. The molecule has 1 aliphatic heterocycles. The molecule has 0 spiro atoms. The van der Waals surface area contributed by atoms with Crippen molar-refractivity contribution in [3.8, 4) is 0 Å². The Labute approximate surface area is 168 Å². The average molecular weight is 391 g/mol. The lowest BCUT2D eigenvalue weighted by molar-refractivity contribution is 0.122. The molecule has 29 heavy (non-hydrogen) atoms. The van der Waals surface area contributed by atoms with Gasteiger partial charge in [-0.3, -0.25) is 4.99 Å². The van der Waals surface area contributed by atoms with Crippen LogP contribution in [-0.2, 0) is 4.74 Å². The van der Waals surface area contributed by atoms with Crippen LogP contribution in [0.3, 0.4) is 0 Å². The fourth-order valence-corrected chi connectivity index (χ4v) is 3.53. The van der Waals surface area contributed by atoms with Gasteiger partial charge in [-0.1, -0.05) is 12.6 Å². The van der Waals surface area contributed by atoms with Crippen LogP contribution in [-0.4, -0.2) is 43.0 Å². The van der Waals surface area contributed by atoms with E-state index in [0.717, 1.165) is 30.2 Å². The van der Waals surface area contributed by atoms with Gasteiger partial charge in [-0.05, 0) is 37.9 Å². The van der Waals surface area contributed by atoms with Crippen molar-refractivity contribution in [2.45, 2.75) is 6.92 Å². The zero-order valence-corrected chi connectivity index (χ0v) is 16.3. The second kappa shape index (κ2) is 7.97. The number of ether oxygens (including phenoxy) is 1. The maximum Gasteiger partial charge on any atom is 0.152 e. The number of anilines is 3. The summed E-state index contributed by atoms with van der Waals surface area (Å²) >= 11 is 0. The summed E-state index contributed by atoms with van der Waals surface area (Å²) < 4.78 is 20.3. The second-order valence-corrected chi connectivity index (χ2v) is 6.80. The molecular weight excluding hydrogens is 369 g/mol. The lowest BCUT2D eigenvalue weighted by Crippen LogP contribution is -2.37. The van der Waals surface area contributed by atoms with Gasteiger partial charge < -0.3 is 15.0 Å². The van der Waals surface area contributed by atoms with Gasteiger partial charge in [-0.25, -0.2) is 14.4 Å². The minimum absolute atomic E-state index is 0.346. The predicted molar refractivity (Wildman–Crippen MR) is 116 cm³/mol. The van der Waals surface area contributed by atoms with Gasteiger partial charge in [0.15, 0.2) is 5.82 Å². The normalized spacial score (nSPS) is 14.1. The highest BCUT2D eigenvalue weighted by molar-refractivity contribution is 5.98. The van der Waals surface area contributed by atoms with Gasteiger partial charge in [0.25, 0.3) is 0 Å². The van der Waals surface area contributed by atoms with Crippen molar-refractivity contribution in [1.82, 2.24) is 9.97 Å². The number of fused-ring (bicyclic) bond motifs is 1. The Kier molecular flexibility index (Phi) is 5.22. The number of pyridine rings is 2. The molecule has 0 aliphatic carbocycles. The van der Waals surface area contributed by atoms with Crippen molar-refractivity contribution in [3.05, 3.63) is 60.2 Å². The number of aromatic nitrogens is 2. The number of morpholine rings is 1. The largest absolute Gasteiger partial charge is 0.378 e. The number of aliphatic imine (C=N–C) groups is 1. The molecule has 1 saturated heterocycles. The first kappa shape index (κ1) is 19.0. The fraction of sp³-hybridized carbons (Fsp3) is 0.227. The molecule has 0 saturated carbocycles. The minimum atomic E-state index is -0.346. The van der Waals surface area contributed by atoms with Crippen LogP contribution in [0.25, 0.3) is 16.6 Å². The fourth-order valence-electron chi connectivity index (χ4n) is 3.53. The van der Waals surface area contributed by atoms with E-state index in [2.05, 4.69) is 38.5 Å². The van der Waals surface area contributed by atoms with Crippen LogP contribution in [0.4, 0.5) is 21.6 Å². The third kappa shape index (κ3) is 3.56. The molecule has 4 rings (SSSR count). The molecular formula is C22H22FN5O. The zero-order chi connectivity index (χ0) is 20.4. The van der Waals surface area contributed by atoms with Crippen LogP contribution in [0.1, 0.15) is 11.3 Å². The lowest BCUT2D eigenvalue weighted by Gasteiger charge is -2.29. The Balaban J connectivity index is 1.88. The van der Waals surface area contributed by atoms with Gasteiger partial charge in [-0.2, -0.15) is 0 Å². The SMILES string of the molecule is C=NC(=C)c1nc2cccc(F)c2c(Nc2cccnc2N2CCOCC2)c1C. The summed E-state index contributed by atoms with van der Waals surface area (Å²) in [6.07, 6.45) is 1.75. The van der Waals surface area contributed by atoms with E-state index in [1.54, 1.807) is 18.3 Å². The van der Waals surface area contributed by atoms with Crippen LogP contribution in [0.5, 0.6) is 0 Å². The van der Waals surface area contributed by atoms with Crippen LogP contribution in [0, 0.1) is 12.7 Å². The molecule has 1 aromatic carbocycles. The molecule has 6 nitrogen and oxygen atoms in total. The molecule has 3 aromatic rings. The van der Waals surface area contributed by atoms with E-state index in [0.29, 0.717) is 41.2 Å². The van der Waals surface area contributed by atoms with E-state index < -0.39 is 0 Å². The summed E-state index contributed by atoms with van der Waals surface area (Å²) in [5, 5.41) is 3.83. The van der Waals surface area contributed by atoms with E-state index in [1.165, 1.54) is 6.07 Å². The van der Waals surface area contributed by atoms with Gasteiger partial charge >= 0.3 is 0 Å². The summed E-state index contributed by atoms with van der Waals surface area (Å²) in [6.45, 7) is 12.1. The summed E-state index contributed by atoms with van der Waals surface area (Å²) in [5.74, 6) is 0.458. The van der Waals surface area contributed by atoms with Crippen molar-refractivity contribution in [2.24, 2.45) is 4.99 Å². The third-order valence-electron chi connectivity index (χ3n) is 5.03. The molecule has 1 fully saturated rings. The summed E-state index contributed by atoms with van der Waals surface area (Å²) in [5.41, 5.74) is 3.70. The molecule has 0 radical (unpaired) electrons. The number of hydrogen-bond donors (Lipinski definition) is 1. The predicted octanol–water partition coefficient (Wildman–Crippen LogP) is 4.33. The van der Waals surface area contributed by atoms with Crippen molar-refractivity contribution < 1.29 is 9.13 Å². The van der Waals surface area contributed by atoms with Crippen molar-refractivity contribution in [2.75, 3.05) is 36.5 Å². The zero-order valence-electron chi connectivity index (χ0n) is 16.3. The average Bonchev–Trinajstić information content (AvgIpc) is 2.76. The van der Waals surface area contributed by atoms with Crippen LogP contribution >= 0.6 is 0 Å². The van der Waals surface area contributed by atoms with Gasteiger partial charge in [0, 0.05) is 24.8 Å². The maximum atomic E-state index is 14.8. The first-order valence-corrected chi connectivity index (χ1v) is 9.39. The maximum absolute atomic E-state index is 14.8. The molecule has 3 heterocycles. The molecule has 1 aliphatic rings. The Hall–Kier alpha value is -3.32. The molecule has 0 atom stereocenters. The highest BCUT2D eigenvalue weighted by Gasteiger charge is 2.20. The molecule has 148 valence electrons. The number of hydrogen-bond acceptors (Lipinski definition) is 6. The number of rotatable bonds is 5. The Bertz CT molecular complexity index is 1090. The van der Waals surface area contributed by atoms with E-state index in [9.17, 15) is 4.39 Å². The molecule has 0 bridgehead atoms. The highest BCUT2D eigenvalue weighted by Crippen LogP contribution is 2.36. The number of nitrogens with one attached hydrogen (secondary N) is 1. The summed E-state index contributed by atoms with van der Waals surface area (Å²) in [7, 11) is 0. The first-order valence-electron chi connectivity index (χ1n) is 9.39. The minimum Gasteiger partial charge on any atom is -0.378 e. The number of halogens is 1. The summed E-state index contributed by atoms with van der Waals surface area (Å²) in [4.78, 5) is 15.2. The highest BCUT2D eigenvalue weighted by atomic mass is 19.1. The standard InChI is InChI=1S/C22H22FN5O/c1-14-20(15(2)24-3)26-17-7-4-6-16(23)19(17)21(14)27-18-8-5-9-25-22(18)28-10-12-29-13-11-28/h4-9H,2-3,10-13H2,1H3,(H,26,27). The van der Waals surface area contributed by atoms with E-state index in [1.807, 2.05) is 19.1 Å². The van der Waals surface area contributed by atoms with Gasteiger partial charge in [0.05, 0.1) is 46.9 Å². The smallest absolute Gasteiger partial charge is 0.152 e. The lowest BCUT2D eigenvalue weighted by atomic mass is 10.0. The monoisotopic (exact) mass is 391 g/mol. The molecule has 2 aromatic heterocycles. The van der Waals surface area contributed by atoms with Gasteiger partial charge in [-0.15, -0.1) is 0 Å². The number of benzene rings is 1. The Morgan fingerprint density at radius 3 is 2.79 bits per heavy atom. The third-order valence-corrected chi connectivity index (χ3v) is 5.03. The Morgan fingerprint density at radius 1 is 1.24 bits per heavy atom. The molecule has 0 unspecified atom stereocenters. The van der Waals surface area contributed by atoms with Crippen LogP contribution in [0.15, 0.2) is 48.1 Å².